The lowest BCUT2D eigenvalue weighted by Crippen LogP contribution is -2.28. The predicted octanol–water partition coefficient (Wildman–Crippen LogP) is 6.58. The Labute approximate surface area is 364 Å². The number of rotatable bonds is 10. The number of aryl methyl sites for hydroxylation is 2. The molecule has 2 aromatic carbocycles. The molecule has 0 saturated carbocycles. The van der Waals surface area contributed by atoms with E-state index in [1.54, 1.807) is 39.5 Å². The van der Waals surface area contributed by atoms with E-state index in [2.05, 4.69) is 30.6 Å². The van der Waals surface area contributed by atoms with Crippen molar-refractivity contribution in [2.24, 2.45) is 0 Å². The highest BCUT2D eigenvalue weighted by Crippen LogP contribution is 2.24. The monoisotopic (exact) mass is 912 g/mol. The molecule has 2 amide bonds. The van der Waals surface area contributed by atoms with Crippen LogP contribution in [0.15, 0.2) is 70.5 Å². The van der Waals surface area contributed by atoms with E-state index in [1.807, 2.05) is 32.0 Å². The molecule has 0 radical (unpaired) electrons. The number of carbonyl (C=O) groups excluding carboxylic acids is 2. The van der Waals surface area contributed by atoms with E-state index in [0.29, 0.717) is 40.9 Å². The van der Waals surface area contributed by atoms with Gasteiger partial charge in [-0.3, -0.25) is 23.6 Å². The number of hydrogen-bond acceptors (Lipinski definition) is 11. The summed E-state index contributed by atoms with van der Waals surface area (Å²) >= 11 is 28.3. The number of alkyl halides is 1. The molecule has 0 aliphatic rings. The lowest BCUT2D eigenvalue weighted by molar-refractivity contribution is -0.123. The molecule has 6 aromatic rings. The fraction of sp³-hybridized carbons (Fsp3) is 0.263. The number of benzene rings is 2. The number of aromatic nitrogens is 6. The molecule has 21 heteroatoms. The highest BCUT2D eigenvalue weighted by Gasteiger charge is 2.14. The molecular formula is C38H39Cl5FN9O6. The molecule has 0 unspecified atom stereocenters. The number of fused-ring (bicyclic) bond motifs is 2. The molecule has 6 rings (SSSR count). The van der Waals surface area contributed by atoms with Crippen LogP contribution in [0.1, 0.15) is 26.5 Å². The van der Waals surface area contributed by atoms with Gasteiger partial charge in [-0.2, -0.15) is 0 Å². The highest BCUT2D eigenvalue weighted by molar-refractivity contribution is 6.41. The minimum absolute atomic E-state index is 0.101. The maximum absolute atomic E-state index is 12.6. The van der Waals surface area contributed by atoms with Gasteiger partial charge in [0, 0.05) is 50.1 Å². The SMILES string of the molecule is CCn1c(=O)c(OCC(=O)NC)cc2cc(Cc3nc(Cl)ncc3Cl)ccc21.CCn1c(=O)c(OCC(=O)NC)cc2cc(N)ccc21.Clc1ncc(Cl)c(Cl)n1.[2H]CF. The standard InChI is InChI=1S/C19H18Cl2N4O3.C14H17N3O3.C4HCl3N2.CH3F/c1-3-25-15-5-4-11(7-14-13(20)9-23-19(21)24-14)6-12(15)8-16(18(25)27)28-10-17(26)22-2;1-3-17-11-5-4-10(15)6-9(11)7-12(14(17)19)20-8-13(18)16-2;5-2-1-8-4(7)9-3(2)6;1-2/h4-6,8-9H,3,7,10H2,1-2H3,(H,22,26);4-7H,3,8,15H2,1-2H3,(H,16,18);1H;1H3/i;;;1D. The largest absolute Gasteiger partial charge is 0.478 e. The number of anilines is 1. The Kier molecular flexibility index (Phi) is 18.4. The maximum Gasteiger partial charge on any atom is 0.293 e. The van der Waals surface area contributed by atoms with E-state index in [-0.39, 0.29) is 63.4 Å². The van der Waals surface area contributed by atoms with Crippen LogP contribution < -0.4 is 37.0 Å². The van der Waals surface area contributed by atoms with Gasteiger partial charge in [-0.25, -0.2) is 19.9 Å². The third-order valence-electron chi connectivity index (χ3n) is 7.95. The summed E-state index contributed by atoms with van der Waals surface area (Å²) in [5, 5.41) is 7.65. The first kappa shape index (κ1) is 46.4. The van der Waals surface area contributed by atoms with Crippen molar-refractivity contribution in [2.75, 3.05) is 40.2 Å². The molecule has 0 spiro atoms. The van der Waals surface area contributed by atoms with E-state index in [9.17, 15) is 23.6 Å². The van der Waals surface area contributed by atoms with Gasteiger partial charge in [-0.15, -0.1) is 0 Å². The molecule has 4 heterocycles. The first-order chi connectivity index (χ1) is 28.6. The van der Waals surface area contributed by atoms with Crippen LogP contribution in [-0.4, -0.2) is 75.3 Å². The zero-order valence-electron chi connectivity index (χ0n) is 33.0. The summed E-state index contributed by atoms with van der Waals surface area (Å²) in [6.45, 7) is 4.31. The molecule has 0 aliphatic heterocycles. The van der Waals surface area contributed by atoms with Crippen molar-refractivity contribution in [2.45, 2.75) is 33.4 Å². The van der Waals surface area contributed by atoms with Crippen LogP contribution in [-0.2, 0) is 29.1 Å². The van der Waals surface area contributed by atoms with Gasteiger partial charge in [0.05, 0.1) is 47.7 Å². The number of carbonyl (C=O) groups is 2. The average Bonchev–Trinajstić information content (AvgIpc) is 3.22. The summed E-state index contributed by atoms with van der Waals surface area (Å²) in [5.74, 6) is -0.335. The number of likely N-dealkylation sites (N-methyl/N-ethyl adjacent to an activating group) is 2. The predicted molar refractivity (Wildman–Crippen MR) is 230 cm³/mol. The van der Waals surface area contributed by atoms with Crippen molar-refractivity contribution in [1.29, 1.82) is 0 Å². The summed E-state index contributed by atoms with van der Waals surface area (Å²) in [7, 11) is 2.02. The normalized spacial score (nSPS) is 10.5. The molecule has 0 atom stereocenters. The lowest BCUT2D eigenvalue weighted by Gasteiger charge is -2.13. The molecule has 314 valence electrons. The van der Waals surface area contributed by atoms with Crippen LogP contribution >= 0.6 is 58.0 Å². The van der Waals surface area contributed by atoms with Crippen LogP contribution in [0.3, 0.4) is 0 Å². The van der Waals surface area contributed by atoms with E-state index in [4.69, 9.17) is 74.6 Å². The highest BCUT2D eigenvalue weighted by atomic mass is 35.5. The van der Waals surface area contributed by atoms with Crippen LogP contribution in [0.5, 0.6) is 11.5 Å². The fourth-order valence-corrected chi connectivity index (χ4v) is 5.89. The molecule has 4 aromatic heterocycles. The molecular weight excluding hydrogens is 875 g/mol. The number of hydrogen-bond donors (Lipinski definition) is 3. The van der Waals surface area contributed by atoms with Gasteiger partial charge >= 0.3 is 0 Å². The molecule has 0 aliphatic carbocycles. The Bertz CT molecular complexity index is 2570. The topological polar surface area (TPSA) is 198 Å². The van der Waals surface area contributed by atoms with Gasteiger partial charge in [-0.05, 0) is 85.1 Å². The van der Waals surface area contributed by atoms with Crippen molar-refractivity contribution in [3.63, 3.8) is 0 Å². The van der Waals surface area contributed by atoms with Crippen LogP contribution in [0.2, 0.25) is 25.8 Å². The van der Waals surface area contributed by atoms with Gasteiger partial charge in [0.2, 0.25) is 10.6 Å². The molecule has 4 N–H and O–H groups in total. The Morgan fingerprint density at radius 3 is 1.71 bits per heavy atom. The zero-order valence-corrected chi connectivity index (χ0v) is 35.8. The number of nitrogens with two attached hydrogens (primary N) is 1. The Balaban J connectivity index is 0.000000259. The van der Waals surface area contributed by atoms with E-state index in [1.165, 1.54) is 26.5 Å². The number of amides is 2. The third-order valence-corrected chi connectivity index (χ3v) is 9.29. The Morgan fingerprint density at radius 1 is 0.763 bits per heavy atom. The van der Waals surface area contributed by atoms with Gasteiger partial charge < -0.3 is 35.0 Å². The number of ether oxygens (including phenoxy) is 2. The summed E-state index contributed by atoms with van der Waals surface area (Å²) in [4.78, 5) is 62.7. The van der Waals surface area contributed by atoms with Crippen molar-refractivity contribution in [3.05, 3.63) is 119 Å². The Hall–Kier alpha value is -5.26. The van der Waals surface area contributed by atoms with Gasteiger partial charge in [0.15, 0.2) is 29.9 Å². The quantitative estimate of drug-likeness (QED) is 0.0762. The van der Waals surface area contributed by atoms with Crippen molar-refractivity contribution in [3.8, 4) is 11.5 Å². The van der Waals surface area contributed by atoms with Crippen LogP contribution in [0.4, 0.5) is 10.1 Å². The summed E-state index contributed by atoms with van der Waals surface area (Å²) in [5.41, 5.74) is 8.94. The molecule has 15 nitrogen and oxygen atoms in total. The number of pyridine rings is 2. The second-order valence-corrected chi connectivity index (χ2v) is 13.5. The van der Waals surface area contributed by atoms with Crippen LogP contribution in [0, 0.1) is 0 Å². The summed E-state index contributed by atoms with van der Waals surface area (Å²) in [6, 6.07) is 14.3. The molecule has 59 heavy (non-hydrogen) atoms. The summed E-state index contributed by atoms with van der Waals surface area (Å²) < 4.78 is 29.4. The van der Waals surface area contributed by atoms with E-state index in [0.717, 1.165) is 27.4 Å². The number of halogens is 6. The third kappa shape index (κ3) is 13.4. The van der Waals surface area contributed by atoms with Gasteiger partial charge in [0.1, 0.15) is 0 Å². The van der Waals surface area contributed by atoms with Crippen LogP contribution in [0.25, 0.3) is 21.8 Å². The second kappa shape index (κ2) is 23.4. The van der Waals surface area contributed by atoms with Gasteiger partial charge in [-0.1, -0.05) is 40.9 Å². The number of nitrogens with one attached hydrogen (secondary N) is 2. The zero-order chi connectivity index (χ0) is 44.5. The van der Waals surface area contributed by atoms with E-state index >= 15 is 0 Å². The molecule has 0 fully saturated rings. The average molecular weight is 915 g/mol. The lowest BCUT2D eigenvalue weighted by atomic mass is 10.1. The van der Waals surface area contributed by atoms with E-state index < -0.39 is 7.15 Å². The molecule has 0 bridgehead atoms. The number of nitrogen functional groups attached to an aromatic ring is 1. The first-order valence-corrected chi connectivity index (χ1v) is 19.1. The minimum atomic E-state index is -1.00. The number of nitrogens with zero attached hydrogens (tertiary/aromatic N) is 6. The summed E-state index contributed by atoms with van der Waals surface area (Å²) in [6.07, 6.45) is 3.27. The van der Waals surface area contributed by atoms with Crippen molar-refractivity contribution >= 4 is 97.3 Å². The first-order valence-electron chi connectivity index (χ1n) is 17.9. The van der Waals surface area contributed by atoms with Gasteiger partial charge in [0.25, 0.3) is 22.9 Å². The second-order valence-electron chi connectivity index (χ2n) is 11.6. The minimum Gasteiger partial charge on any atom is -0.478 e. The fourth-order valence-electron chi connectivity index (χ4n) is 5.19. The van der Waals surface area contributed by atoms with Crippen molar-refractivity contribution in [1.82, 2.24) is 39.7 Å². The van der Waals surface area contributed by atoms with Crippen molar-refractivity contribution < 1.29 is 24.8 Å². The smallest absolute Gasteiger partial charge is 0.293 e. The molecule has 0 saturated heterocycles. The Morgan fingerprint density at radius 2 is 1.24 bits per heavy atom. The maximum atomic E-state index is 12.6.